The number of alkyl halides is 4. The lowest BCUT2D eigenvalue weighted by molar-refractivity contribution is 0.0445. The third-order valence-corrected chi connectivity index (χ3v) is 2.39. The summed E-state index contributed by atoms with van der Waals surface area (Å²) in [6, 6.07) is 7.52. The average molecular weight is 290 g/mol. The summed E-state index contributed by atoms with van der Waals surface area (Å²) < 4.78 is 55.0. The highest BCUT2D eigenvalue weighted by atomic mass is 19.3. The van der Waals surface area contributed by atoms with E-state index in [0.29, 0.717) is 6.08 Å². The van der Waals surface area contributed by atoms with Gasteiger partial charge in [0.05, 0.1) is 12.2 Å². The van der Waals surface area contributed by atoms with Crippen LogP contribution in [0.3, 0.4) is 0 Å². The van der Waals surface area contributed by atoms with E-state index in [-0.39, 0.29) is 18.4 Å². The van der Waals surface area contributed by atoms with Crippen molar-refractivity contribution in [3.8, 4) is 0 Å². The molecule has 0 aromatic heterocycles. The summed E-state index contributed by atoms with van der Waals surface area (Å²) in [5, 5.41) is 0. The SMILES string of the molecule is O=C(OC(=CC(F)CCCF)C(F)F)c1ccccc1. The standard InChI is InChI=1S/C14H14F4O2/c15-8-4-7-11(16)9-12(13(17)18)20-14(19)10-5-2-1-3-6-10/h1-3,5-6,9,11,13H,4,7-8H2. The zero-order valence-electron chi connectivity index (χ0n) is 10.6. The highest BCUT2D eigenvalue weighted by Gasteiger charge is 2.20. The van der Waals surface area contributed by atoms with Crippen LogP contribution in [0.5, 0.6) is 0 Å². The zero-order chi connectivity index (χ0) is 15.0. The number of esters is 1. The number of hydrogen-bond donors (Lipinski definition) is 0. The molecule has 2 nitrogen and oxygen atoms in total. The fourth-order valence-corrected chi connectivity index (χ4v) is 1.43. The van der Waals surface area contributed by atoms with Crippen LogP contribution in [0, 0.1) is 0 Å². The van der Waals surface area contributed by atoms with Gasteiger partial charge < -0.3 is 4.74 Å². The number of halogens is 4. The average Bonchev–Trinajstić information content (AvgIpc) is 2.45. The van der Waals surface area contributed by atoms with Crippen LogP contribution in [0.1, 0.15) is 23.2 Å². The third-order valence-electron chi connectivity index (χ3n) is 2.39. The Morgan fingerprint density at radius 1 is 1.20 bits per heavy atom. The number of carbonyl (C=O) groups is 1. The highest BCUT2D eigenvalue weighted by molar-refractivity contribution is 5.90. The normalized spacial score (nSPS) is 13.3. The lowest BCUT2D eigenvalue weighted by atomic mass is 10.2. The van der Waals surface area contributed by atoms with Gasteiger partial charge in [-0.05, 0) is 31.1 Å². The molecule has 0 spiro atoms. The maximum absolute atomic E-state index is 13.3. The molecule has 0 saturated heterocycles. The van der Waals surface area contributed by atoms with Gasteiger partial charge in [-0.2, -0.15) is 0 Å². The van der Waals surface area contributed by atoms with Crippen molar-refractivity contribution in [2.45, 2.75) is 25.4 Å². The van der Waals surface area contributed by atoms with Crippen LogP contribution in [-0.2, 0) is 4.74 Å². The molecule has 1 aromatic rings. The molecule has 0 aliphatic heterocycles. The van der Waals surface area contributed by atoms with Crippen molar-refractivity contribution in [2.75, 3.05) is 6.67 Å². The molecule has 110 valence electrons. The minimum atomic E-state index is -3.12. The fraction of sp³-hybridized carbons (Fsp3) is 0.357. The van der Waals surface area contributed by atoms with Gasteiger partial charge in [0.25, 0.3) is 6.43 Å². The second-order valence-electron chi connectivity index (χ2n) is 3.97. The number of rotatable bonds is 7. The van der Waals surface area contributed by atoms with Gasteiger partial charge in [0.1, 0.15) is 6.17 Å². The molecular formula is C14H14F4O2. The minimum absolute atomic E-state index is 0.0817. The van der Waals surface area contributed by atoms with Crippen LogP contribution < -0.4 is 0 Å². The van der Waals surface area contributed by atoms with Gasteiger partial charge in [0, 0.05) is 0 Å². The van der Waals surface area contributed by atoms with Crippen molar-refractivity contribution < 1.29 is 27.1 Å². The molecule has 0 bridgehead atoms. The molecule has 0 aliphatic carbocycles. The monoisotopic (exact) mass is 290 g/mol. The Bertz CT molecular complexity index is 446. The topological polar surface area (TPSA) is 26.3 Å². The number of benzene rings is 1. The van der Waals surface area contributed by atoms with E-state index in [4.69, 9.17) is 0 Å². The molecule has 0 N–H and O–H groups in total. The Kier molecular flexibility index (Phi) is 6.76. The first-order valence-corrected chi connectivity index (χ1v) is 6.01. The molecule has 0 aliphatic rings. The highest BCUT2D eigenvalue weighted by Crippen LogP contribution is 2.17. The summed E-state index contributed by atoms with van der Waals surface area (Å²) in [6.07, 6.45) is -4.71. The second kappa shape index (κ2) is 8.35. The molecule has 0 saturated carbocycles. The van der Waals surface area contributed by atoms with Gasteiger partial charge in [-0.3, -0.25) is 4.39 Å². The maximum Gasteiger partial charge on any atom is 0.343 e. The van der Waals surface area contributed by atoms with Crippen molar-refractivity contribution in [2.24, 2.45) is 0 Å². The Hall–Kier alpha value is -1.85. The van der Waals surface area contributed by atoms with Crippen molar-refractivity contribution in [1.82, 2.24) is 0 Å². The van der Waals surface area contributed by atoms with E-state index >= 15 is 0 Å². The van der Waals surface area contributed by atoms with Gasteiger partial charge in [-0.15, -0.1) is 0 Å². The third kappa shape index (κ3) is 5.42. The van der Waals surface area contributed by atoms with Crippen LogP contribution in [0.15, 0.2) is 42.2 Å². The quantitative estimate of drug-likeness (QED) is 0.429. The van der Waals surface area contributed by atoms with E-state index in [9.17, 15) is 22.4 Å². The summed E-state index contributed by atoms with van der Waals surface area (Å²) in [5.74, 6) is -2.04. The molecule has 1 aromatic carbocycles. The van der Waals surface area contributed by atoms with E-state index in [1.54, 1.807) is 18.2 Å². The minimum Gasteiger partial charge on any atom is -0.422 e. The molecular weight excluding hydrogens is 276 g/mol. The van der Waals surface area contributed by atoms with Gasteiger partial charge >= 0.3 is 5.97 Å². The van der Waals surface area contributed by atoms with Crippen LogP contribution >= 0.6 is 0 Å². The largest absolute Gasteiger partial charge is 0.422 e. The van der Waals surface area contributed by atoms with Crippen molar-refractivity contribution in [3.05, 3.63) is 47.7 Å². The molecule has 6 heteroatoms. The lowest BCUT2D eigenvalue weighted by Crippen LogP contribution is -2.12. The molecule has 1 unspecified atom stereocenters. The number of hydrogen-bond acceptors (Lipinski definition) is 2. The zero-order valence-corrected chi connectivity index (χ0v) is 10.6. The van der Waals surface area contributed by atoms with Crippen molar-refractivity contribution in [3.63, 3.8) is 0 Å². The van der Waals surface area contributed by atoms with Gasteiger partial charge in [-0.25, -0.2) is 18.0 Å². The van der Waals surface area contributed by atoms with Crippen LogP contribution in [-0.4, -0.2) is 25.2 Å². The number of carbonyl (C=O) groups excluding carboxylic acids is 1. The van der Waals surface area contributed by atoms with Gasteiger partial charge in [0.15, 0.2) is 5.76 Å². The first-order chi connectivity index (χ1) is 9.54. The second-order valence-corrected chi connectivity index (χ2v) is 3.97. The van der Waals surface area contributed by atoms with Crippen molar-refractivity contribution in [1.29, 1.82) is 0 Å². The summed E-state index contributed by atoms with van der Waals surface area (Å²) >= 11 is 0. The van der Waals surface area contributed by atoms with E-state index in [0.717, 1.165) is 0 Å². The van der Waals surface area contributed by atoms with Crippen LogP contribution in [0.4, 0.5) is 17.6 Å². The molecule has 0 radical (unpaired) electrons. The summed E-state index contributed by atoms with van der Waals surface area (Å²) in [4.78, 5) is 11.6. The molecule has 0 amide bonds. The van der Waals surface area contributed by atoms with Crippen LogP contribution in [0.2, 0.25) is 0 Å². The maximum atomic E-state index is 13.3. The predicted molar refractivity (Wildman–Crippen MR) is 66.0 cm³/mol. The van der Waals surface area contributed by atoms with Crippen molar-refractivity contribution >= 4 is 5.97 Å². The molecule has 1 rings (SSSR count). The molecule has 1 atom stereocenters. The predicted octanol–water partition coefficient (Wildman–Crippen LogP) is 4.08. The summed E-state index contributed by atoms with van der Waals surface area (Å²) in [7, 11) is 0. The molecule has 20 heavy (non-hydrogen) atoms. The van der Waals surface area contributed by atoms with Gasteiger partial charge in [-0.1, -0.05) is 18.2 Å². The smallest absolute Gasteiger partial charge is 0.343 e. The lowest BCUT2D eigenvalue weighted by Gasteiger charge is -2.09. The summed E-state index contributed by atoms with van der Waals surface area (Å²) in [5.41, 5.74) is 0.0817. The Balaban J connectivity index is 2.72. The van der Waals surface area contributed by atoms with E-state index < -0.39 is 31.0 Å². The van der Waals surface area contributed by atoms with Gasteiger partial charge in [0.2, 0.25) is 0 Å². The number of ether oxygens (including phenoxy) is 1. The number of allylic oxidation sites excluding steroid dienone is 2. The first-order valence-electron chi connectivity index (χ1n) is 6.01. The molecule has 0 heterocycles. The van der Waals surface area contributed by atoms with Crippen LogP contribution in [0.25, 0.3) is 0 Å². The molecule has 0 fully saturated rings. The Morgan fingerprint density at radius 3 is 2.40 bits per heavy atom. The van der Waals surface area contributed by atoms with E-state index in [1.807, 2.05) is 0 Å². The first kappa shape index (κ1) is 16.2. The fourth-order valence-electron chi connectivity index (χ4n) is 1.43. The Morgan fingerprint density at radius 2 is 1.85 bits per heavy atom. The summed E-state index contributed by atoms with van der Waals surface area (Å²) in [6.45, 7) is -0.734. The van der Waals surface area contributed by atoms with E-state index in [1.165, 1.54) is 12.1 Å². The Labute approximate surface area is 114 Å². The van der Waals surface area contributed by atoms with E-state index in [2.05, 4.69) is 4.74 Å².